The number of sulfonamides is 1. The molecule has 3 heterocycles. The van der Waals surface area contributed by atoms with Gasteiger partial charge in [0.1, 0.15) is 17.2 Å². The van der Waals surface area contributed by atoms with Crippen molar-refractivity contribution in [3.05, 3.63) is 40.8 Å². The van der Waals surface area contributed by atoms with E-state index < -0.39 is 21.7 Å². The number of H-pyrrole nitrogens is 2. The first-order valence-corrected chi connectivity index (χ1v) is 12.1. The second kappa shape index (κ2) is 8.02. The number of hydrogen-bond acceptors (Lipinski definition) is 6. The number of aromatic nitrogens is 2. The fourth-order valence-electron chi connectivity index (χ4n) is 4.05. The zero-order valence-corrected chi connectivity index (χ0v) is 19.4. The molecule has 0 spiro atoms. The van der Waals surface area contributed by atoms with Crippen LogP contribution in [0.1, 0.15) is 34.1 Å². The highest BCUT2D eigenvalue weighted by Crippen LogP contribution is 2.24. The molecule has 0 amide bonds. The number of likely N-dealkylation sites (tertiary alicyclic amines) is 1. The van der Waals surface area contributed by atoms with E-state index in [9.17, 15) is 18.0 Å². The lowest BCUT2D eigenvalue weighted by molar-refractivity contribution is -0.160. The van der Waals surface area contributed by atoms with Crippen molar-refractivity contribution < 1.29 is 17.9 Å². The van der Waals surface area contributed by atoms with Gasteiger partial charge in [-0.05, 0) is 58.4 Å². The van der Waals surface area contributed by atoms with Crippen molar-refractivity contribution in [1.82, 2.24) is 19.6 Å². The molecule has 1 aliphatic rings. The lowest BCUT2D eigenvalue weighted by Gasteiger charge is -2.27. The zero-order chi connectivity index (χ0) is 23.3. The molecule has 0 bridgehead atoms. The maximum atomic E-state index is 13.1. The molecule has 2 atom stereocenters. The Balaban J connectivity index is 1.51. The molecule has 1 fully saturated rings. The molecular formula is C22H28N4O5S. The third-order valence-corrected chi connectivity index (χ3v) is 7.17. The summed E-state index contributed by atoms with van der Waals surface area (Å²) in [6.07, 6.45) is 2.24. The highest BCUT2D eigenvalue weighted by Gasteiger charge is 2.34. The molecule has 10 heteroatoms. The van der Waals surface area contributed by atoms with Gasteiger partial charge in [-0.3, -0.25) is 14.5 Å². The minimum atomic E-state index is -3.79. The predicted molar refractivity (Wildman–Crippen MR) is 122 cm³/mol. The summed E-state index contributed by atoms with van der Waals surface area (Å²) in [6, 6.07) is 5.63. The number of nitrogens with zero attached hydrogens (tertiary/aromatic N) is 1. The standard InChI is InChI=1S/C22H28N4O5S/c1-13(21(28)31-22(2,3)4)26-10-8-14(12-26)25-32(29,30)15-5-6-18-17(11-15)16-7-9-23-19(16)20(27)24-18/h5-7,9,11,13-14,23,25H,8,10,12H2,1-4H3,(H,24,27)/t13?,14-/m0/s1. The Morgan fingerprint density at radius 2 is 2.00 bits per heavy atom. The third-order valence-electron chi connectivity index (χ3n) is 5.65. The number of aromatic amines is 2. The molecule has 3 N–H and O–H groups in total. The van der Waals surface area contributed by atoms with Crippen LogP contribution in [-0.2, 0) is 19.6 Å². The molecule has 172 valence electrons. The van der Waals surface area contributed by atoms with Crippen LogP contribution in [0.5, 0.6) is 0 Å². The van der Waals surface area contributed by atoms with Crippen LogP contribution in [0.3, 0.4) is 0 Å². The number of benzene rings is 1. The van der Waals surface area contributed by atoms with Gasteiger partial charge in [0, 0.05) is 41.6 Å². The van der Waals surface area contributed by atoms with Gasteiger partial charge < -0.3 is 14.7 Å². The second-order valence-corrected chi connectivity index (χ2v) is 11.0. The summed E-state index contributed by atoms with van der Waals surface area (Å²) in [4.78, 5) is 32.2. The van der Waals surface area contributed by atoms with E-state index in [1.807, 2.05) is 25.7 Å². The second-order valence-electron chi connectivity index (χ2n) is 9.24. The number of pyridine rings is 1. The van der Waals surface area contributed by atoms with E-state index in [1.54, 1.807) is 31.3 Å². The van der Waals surface area contributed by atoms with Crippen molar-refractivity contribution in [1.29, 1.82) is 0 Å². The number of fused-ring (bicyclic) bond motifs is 3. The van der Waals surface area contributed by atoms with E-state index in [2.05, 4.69) is 14.7 Å². The fraction of sp³-hybridized carbons (Fsp3) is 0.455. The fourth-order valence-corrected chi connectivity index (χ4v) is 5.34. The number of carbonyl (C=O) groups is 1. The van der Waals surface area contributed by atoms with Gasteiger partial charge in [0.2, 0.25) is 10.0 Å². The van der Waals surface area contributed by atoms with Crippen LogP contribution in [-0.4, -0.2) is 60.0 Å². The van der Waals surface area contributed by atoms with Crippen molar-refractivity contribution in [2.24, 2.45) is 0 Å². The summed E-state index contributed by atoms with van der Waals surface area (Å²) in [5, 5.41) is 1.31. The van der Waals surface area contributed by atoms with Crippen LogP contribution in [0.25, 0.3) is 21.8 Å². The van der Waals surface area contributed by atoms with Gasteiger partial charge in [-0.2, -0.15) is 0 Å². The highest BCUT2D eigenvalue weighted by atomic mass is 32.2. The summed E-state index contributed by atoms with van der Waals surface area (Å²) in [5.74, 6) is -0.319. The van der Waals surface area contributed by atoms with Gasteiger partial charge in [0.15, 0.2) is 0 Å². The molecule has 32 heavy (non-hydrogen) atoms. The SMILES string of the molecule is CC(C(=O)OC(C)(C)C)N1CC[C@H](NS(=O)(=O)c2ccc3[nH]c(=O)c4[nH]ccc4c3c2)C1. The average Bonchev–Trinajstić information content (AvgIpc) is 3.35. The van der Waals surface area contributed by atoms with E-state index in [0.29, 0.717) is 41.3 Å². The maximum absolute atomic E-state index is 13.1. The average molecular weight is 461 g/mol. The molecule has 0 radical (unpaired) electrons. The van der Waals surface area contributed by atoms with Crippen molar-refractivity contribution in [3.8, 4) is 0 Å². The van der Waals surface area contributed by atoms with Crippen LogP contribution < -0.4 is 10.3 Å². The van der Waals surface area contributed by atoms with Crippen LogP contribution in [0.4, 0.5) is 0 Å². The lowest BCUT2D eigenvalue weighted by Crippen LogP contribution is -2.43. The summed E-state index contributed by atoms with van der Waals surface area (Å²) >= 11 is 0. The molecule has 4 rings (SSSR count). The monoisotopic (exact) mass is 460 g/mol. The zero-order valence-electron chi connectivity index (χ0n) is 18.6. The molecular weight excluding hydrogens is 432 g/mol. The first-order valence-electron chi connectivity index (χ1n) is 10.6. The number of esters is 1. The minimum Gasteiger partial charge on any atom is -0.459 e. The van der Waals surface area contributed by atoms with Crippen LogP contribution in [0, 0.1) is 0 Å². The van der Waals surface area contributed by atoms with E-state index in [0.717, 1.165) is 0 Å². The first-order chi connectivity index (χ1) is 14.9. The normalized spacial score (nSPS) is 18.9. The van der Waals surface area contributed by atoms with Crippen molar-refractivity contribution in [2.45, 2.75) is 56.7 Å². The quantitative estimate of drug-likeness (QED) is 0.501. The Morgan fingerprint density at radius 1 is 1.25 bits per heavy atom. The first kappa shape index (κ1) is 22.5. The summed E-state index contributed by atoms with van der Waals surface area (Å²) in [6.45, 7) is 8.24. The van der Waals surface area contributed by atoms with Crippen LogP contribution in [0.15, 0.2) is 40.2 Å². The largest absolute Gasteiger partial charge is 0.459 e. The Bertz CT molecular complexity index is 1340. The maximum Gasteiger partial charge on any atom is 0.323 e. The van der Waals surface area contributed by atoms with Gasteiger partial charge in [0.05, 0.1) is 4.90 Å². The van der Waals surface area contributed by atoms with E-state index in [1.165, 1.54) is 6.07 Å². The number of ether oxygens (including phenoxy) is 1. The Morgan fingerprint density at radius 3 is 2.72 bits per heavy atom. The van der Waals surface area contributed by atoms with Gasteiger partial charge in [-0.25, -0.2) is 13.1 Å². The van der Waals surface area contributed by atoms with Gasteiger partial charge in [0.25, 0.3) is 5.56 Å². The molecule has 3 aromatic rings. The Hall–Kier alpha value is -2.69. The van der Waals surface area contributed by atoms with Crippen molar-refractivity contribution >= 4 is 37.8 Å². The molecule has 1 unspecified atom stereocenters. The van der Waals surface area contributed by atoms with E-state index in [4.69, 9.17) is 4.74 Å². The summed E-state index contributed by atoms with van der Waals surface area (Å²) < 4.78 is 34.3. The van der Waals surface area contributed by atoms with Crippen LogP contribution >= 0.6 is 0 Å². The topological polar surface area (TPSA) is 124 Å². The van der Waals surface area contributed by atoms with Gasteiger partial charge in [-0.15, -0.1) is 0 Å². The third kappa shape index (κ3) is 4.43. The van der Waals surface area contributed by atoms with Gasteiger partial charge >= 0.3 is 5.97 Å². The molecule has 0 saturated carbocycles. The van der Waals surface area contributed by atoms with Crippen LogP contribution in [0.2, 0.25) is 0 Å². The lowest BCUT2D eigenvalue weighted by atomic mass is 10.1. The van der Waals surface area contributed by atoms with E-state index in [-0.39, 0.29) is 22.5 Å². The highest BCUT2D eigenvalue weighted by molar-refractivity contribution is 7.89. The summed E-state index contributed by atoms with van der Waals surface area (Å²) in [5.41, 5.74) is 0.148. The summed E-state index contributed by atoms with van der Waals surface area (Å²) in [7, 11) is -3.79. The smallest absolute Gasteiger partial charge is 0.323 e. The minimum absolute atomic E-state index is 0.123. The Labute approximate surface area is 186 Å². The van der Waals surface area contributed by atoms with Gasteiger partial charge in [-0.1, -0.05) is 0 Å². The Kier molecular flexibility index (Phi) is 5.64. The molecule has 1 aliphatic heterocycles. The number of carbonyl (C=O) groups excluding carboxylic acids is 1. The number of hydrogen-bond donors (Lipinski definition) is 3. The predicted octanol–water partition coefficient (Wildman–Crippen LogP) is 2.09. The molecule has 1 saturated heterocycles. The number of rotatable bonds is 5. The van der Waals surface area contributed by atoms with Crippen molar-refractivity contribution in [2.75, 3.05) is 13.1 Å². The van der Waals surface area contributed by atoms with E-state index >= 15 is 0 Å². The molecule has 9 nitrogen and oxygen atoms in total. The molecule has 1 aromatic carbocycles. The van der Waals surface area contributed by atoms with Crippen molar-refractivity contribution in [3.63, 3.8) is 0 Å². The number of nitrogens with one attached hydrogen (secondary N) is 3. The molecule has 0 aliphatic carbocycles. The molecule has 2 aromatic heterocycles.